The van der Waals surface area contributed by atoms with Crippen molar-refractivity contribution in [3.05, 3.63) is 54.3 Å². The van der Waals surface area contributed by atoms with E-state index in [2.05, 4.69) is 10.6 Å². The van der Waals surface area contributed by atoms with Gasteiger partial charge >= 0.3 is 5.97 Å². The van der Waals surface area contributed by atoms with E-state index in [-0.39, 0.29) is 6.42 Å². The van der Waals surface area contributed by atoms with Crippen LogP contribution in [0.5, 0.6) is 5.75 Å². The monoisotopic (exact) mass is 300 g/mol. The lowest BCUT2D eigenvalue weighted by Gasteiger charge is -2.24. The average molecular weight is 300 g/mol. The molecule has 112 valence electrons. The van der Waals surface area contributed by atoms with Crippen LogP contribution in [0.4, 0.5) is 15.8 Å². The maximum Gasteiger partial charge on any atom is 0.334 e. The number of carbonyl (C=O) groups excluding carboxylic acids is 2. The number of fused-ring (bicyclic) bond motifs is 1. The van der Waals surface area contributed by atoms with Gasteiger partial charge in [-0.05, 0) is 30.3 Å². The lowest BCUT2D eigenvalue weighted by atomic mass is 10.1. The highest BCUT2D eigenvalue weighted by Crippen LogP contribution is 2.29. The minimum atomic E-state index is -0.775. The lowest BCUT2D eigenvalue weighted by Crippen LogP contribution is -2.39. The van der Waals surface area contributed by atoms with E-state index in [0.29, 0.717) is 17.1 Å². The fourth-order valence-electron chi connectivity index (χ4n) is 2.20. The van der Waals surface area contributed by atoms with Crippen LogP contribution in [0.15, 0.2) is 48.5 Å². The summed E-state index contributed by atoms with van der Waals surface area (Å²) in [6, 6.07) is 11.8. The summed E-state index contributed by atoms with van der Waals surface area (Å²) in [5.74, 6) is -0.927. The molecular weight excluding hydrogens is 287 g/mol. The summed E-state index contributed by atoms with van der Waals surface area (Å²) >= 11 is 0. The molecule has 0 bridgehead atoms. The molecule has 1 atom stereocenters. The highest BCUT2D eigenvalue weighted by Gasteiger charge is 2.29. The smallest absolute Gasteiger partial charge is 0.334 e. The van der Waals surface area contributed by atoms with E-state index in [0.717, 1.165) is 0 Å². The second-order valence-corrected chi connectivity index (χ2v) is 4.88. The van der Waals surface area contributed by atoms with Crippen LogP contribution in [0.2, 0.25) is 0 Å². The molecule has 0 aliphatic carbocycles. The maximum atomic E-state index is 13.1. The Morgan fingerprint density at radius 3 is 2.86 bits per heavy atom. The van der Waals surface area contributed by atoms with Crippen molar-refractivity contribution in [2.45, 2.75) is 12.5 Å². The van der Waals surface area contributed by atoms with Gasteiger partial charge in [0.2, 0.25) is 5.91 Å². The fourth-order valence-corrected chi connectivity index (χ4v) is 2.20. The normalized spacial score (nSPS) is 16.2. The molecule has 1 aliphatic rings. The van der Waals surface area contributed by atoms with Gasteiger partial charge in [0.25, 0.3) is 0 Å². The number of amides is 1. The summed E-state index contributed by atoms with van der Waals surface area (Å²) < 4.78 is 18.2. The first-order chi connectivity index (χ1) is 10.6. The second-order valence-electron chi connectivity index (χ2n) is 4.88. The topological polar surface area (TPSA) is 67.4 Å². The Bertz CT molecular complexity index is 733. The first kappa shape index (κ1) is 14.1. The third-order valence-corrected chi connectivity index (χ3v) is 3.21. The van der Waals surface area contributed by atoms with Gasteiger partial charge in [0.15, 0.2) is 5.75 Å². The quantitative estimate of drug-likeness (QED) is 0.675. The van der Waals surface area contributed by atoms with E-state index in [1.807, 2.05) is 0 Å². The minimum absolute atomic E-state index is 0.107. The zero-order valence-corrected chi connectivity index (χ0v) is 11.5. The van der Waals surface area contributed by atoms with Gasteiger partial charge in [0, 0.05) is 5.69 Å². The van der Waals surface area contributed by atoms with Crippen LogP contribution in [0.3, 0.4) is 0 Å². The van der Waals surface area contributed by atoms with Crippen LogP contribution < -0.4 is 15.4 Å². The Hall–Kier alpha value is -2.89. The van der Waals surface area contributed by atoms with Gasteiger partial charge < -0.3 is 15.4 Å². The van der Waals surface area contributed by atoms with E-state index < -0.39 is 23.7 Å². The van der Waals surface area contributed by atoms with Gasteiger partial charge in [-0.25, -0.2) is 9.18 Å². The van der Waals surface area contributed by atoms with Crippen molar-refractivity contribution in [1.82, 2.24) is 0 Å². The molecule has 6 heteroatoms. The third kappa shape index (κ3) is 3.06. The minimum Gasteiger partial charge on any atom is -0.423 e. The molecule has 0 saturated heterocycles. The van der Waals surface area contributed by atoms with Gasteiger partial charge in [0.1, 0.15) is 11.9 Å². The Morgan fingerprint density at radius 2 is 2.05 bits per heavy atom. The highest BCUT2D eigenvalue weighted by atomic mass is 19.1. The maximum absolute atomic E-state index is 13.1. The SMILES string of the molecule is O=C(CC1Nc2ccccc2OC1=O)Nc1cccc(F)c1. The zero-order chi connectivity index (χ0) is 15.5. The van der Waals surface area contributed by atoms with E-state index in [4.69, 9.17) is 4.74 Å². The summed E-state index contributed by atoms with van der Waals surface area (Å²) in [4.78, 5) is 23.8. The average Bonchev–Trinajstić information content (AvgIpc) is 2.48. The number of rotatable bonds is 3. The van der Waals surface area contributed by atoms with Crippen molar-refractivity contribution in [1.29, 1.82) is 0 Å². The molecule has 0 saturated carbocycles. The van der Waals surface area contributed by atoms with Crippen LogP contribution >= 0.6 is 0 Å². The number of anilines is 2. The van der Waals surface area contributed by atoms with Crippen LogP contribution in [0.1, 0.15) is 6.42 Å². The van der Waals surface area contributed by atoms with Crippen LogP contribution in [0.25, 0.3) is 0 Å². The summed E-state index contributed by atoms with van der Waals surface area (Å²) in [5.41, 5.74) is 1.00. The van der Waals surface area contributed by atoms with E-state index in [1.54, 1.807) is 30.3 Å². The third-order valence-electron chi connectivity index (χ3n) is 3.21. The molecular formula is C16H13FN2O3. The lowest BCUT2D eigenvalue weighted by molar-refractivity contribution is -0.137. The number of benzene rings is 2. The van der Waals surface area contributed by atoms with Gasteiger partial charge in [0.05, 0.1) is 12.1 Å². The number of hydrogen-bond acceptors (Lipinski definition) is 4. The molecule has 1 heterocycles. The Morgan fingerprint density at radius 1 is 1.23 bits per heavy atom. The van der Waals surface area contributed by atoms with Crippen molar-refractivity contribution in [2.75, 3.05) is 10.6 Å². The molecule has 2 N–H and O–H groups in total. The van der Waals surface area contributed by atoms with E-state index in [1.165, 1.54) is 18.2 Å². The van der Waals surface area contributed by atoms with Crippen molar-refractivity contribution in [2.24, 2.45) is 0 Å². The van der Waals surface area contributed by atoms with Crippen molar-refractivity contribution in [3.63, 3.8) is 0 Å². The van der Waals surface area contributed by atoms with Crippen molar-refractivity contribution < 1.29 is 18.7 Å². The van der Waals surface area contributed by atoms with Crippen LogP contribution in [0, 0.1) is 5.82 Å². The van der Waals surface area contributed by atoms with Crippen LogP contribution in [-0.2, 0) is 9.59 Å². The summed E-state index contributed by atoms with van der Waals surface area (Å²) in [6.45, 7) is 0. The van der Waals surface area contributed by atoms with E-state index >= 15 is 0 Å². The Balaban J connectivity index is 1.66. The molecule has 5 nitrogen and oxygen atoms in total. The molecule has 1 aliphatic heterocycles. The number of esters is 1. The number of halogens is 1. The molecule has 0 fully saturated rings. The fraction of sp³-hybridized carbons (Fsp3) is 0.125. The molecule has 0 aromatic heterocycles. The number of nitrogens with one attached hydrogen (secondary N) is 2. The molecule has 3 rings (SSSR count). The van der Waals surface area contributed by atoms with E-state index in [9.17, 15) is 14.0 Å². The Labute approximate surface area is 126 Å². The number of hydrogen-bond donors (Lipinski definition) is 2. The Kier molecular flexibility index (Phi) is 3.74. The van der Waals surface area contributed by atoms with Crippen LogP contribution in [-0.4, -0.2) is 17.9 Å². The second kappa shape index (κ2) is 5.85. The largest absolute Gasteiger partial charge is 0.423 e. The number of carbonyl (C=O) groups is 2. The molecule has 0 radical (unpaired) electrons. The predicted octanol–water partition coefficient (Wildman–Crippen LogP) is 2.55. The zero-order valence-electron chi connectivity index (χ0n) is 11.5. The van der Waals surface area contributed by atoms with Gasteiger partial charge in [-0.3, -0.25) is 4.79 Å². The van der Waals surface area contributed by atoms with Crippen molar-refractivity contribution >= 4 is 23.3 Å². The molecule has 0 spiro atoms. The van der Waals surface area contributed by atoms with Gasteiger partial charge in [-0.15, -0.1) is 0 Å². The van der Waals surface area contributed by atoms with Crippen molar-refractivity contribution in [3.8, 4) is 5.75 Å². The highest BCUT2D eigenvalue weighted by molar-refractivity contribution is 5.97. The van der Waals surface area contributed by atoms with Gasteiger partial charge in [-0.2, -0.15) is 0 Å². The summed E-state index contributed by atoms with van der Waals surface area (Å²) in [7, 11) is 0. The summed E-state index contributed by atoms with van der Waals surface area (Å²) in [5, 5.41) is 5.51. The molecule has 2 aromatic rings. The molecule has 1 amide bonds. The number of para-hydroxylation sites is 2. The summed E-state index contributed by atoms with van der Waals surface area (Å²) in [6.07, 6.45) is -0.107. The number of ether oxygens (including phenoxy) is 1. The first-order valence-corrected chi connectivity index (χ1v) is 6.74. The van der Waals surface area contributed by atoms with Gasteiger partial charge in [-0.1, -0.05) is 18.2 Å². The molecule has 22 heavy (non-hydrogen) atoms. The molecule has 1 unspecified atom stereocenters. The molecule has 2 aromatic carbocycles. The predicted molar refractivity (Wildman–Crippen MR) is 79.1 cm³/mol. The standard InChI is InChI=1S/C16H13FN2O3/c17-10-4-3-5-11(8-10)18-15(20)9-13-16(21)22-14-7-2-1-6-12(14)19-13/h1-8,13,19H,9H2,(H,18,20). The first-order valence-electron chi connectivity index (χ1n) is 6.74.